The normalized spacial score (nSPS) is 20.3. The van der Waals surface area contributed by atoms with Crippen molar-refractivity contribution in [3.05, 3.63) is 59.5 Å². The molecule has 1 fully saturated rings. The van der Waals surface area contributed by atoms with Crippen molar-refractivity contribution in [3.8, 4) is 0 Å². The van der Waals surface area contributed by atoms with Crippen LogP contribution in [0, 0.1) is 0 Å². The van der Waals surface area contributed by atoms with Crippen LogP contribution in [0.2, 0.25) is 0 Å². The van der Waals surface area contributed by atoms with E-state index in [0.717, 1.165) is 28.9 Å². The molecule has 3 N–H and O–H groups in total. The van der Waals surface area contributed by atoms with Gasteiger partial charge in [-0.2, -0.15) is 0 Å². The van der Waals surface area contributed by atoms with Crippen LogP contribution in [0.3, 0.4) is 0 Å². The molecule has 9 nitrogen and oxygen atoms in total. The standard InChI is InChI=1S/C20H20N4O5/c25-16(22-18(27)21-11-14-7-4-10-29-14)12-24-17(26)20(23-19(24)28)9-3-6-13-5-1-2-8-15(13)20/h1-2,4-5,7-8,10H,3,6,9,11-12H2,(H,23,28)(H2,21,22,25,27)/t20-/m0/s1. The van der Waals surface area contributed by atoms with Crippen LogP contribution in [-0.4, -0.2) is 35.3 Å². The lowest BCUT2D eigenvalue weighted by molar-refractivity contribution is -0.135. The fourth-order valence-electron chi connectivity index (χ4n) is 3.89. The Morgan fingerprint density at radius 2 is 2.00 bits per heavy atom. The van der Waals surface area contributed by atoms with Crippen LogP contribution in [0.4, 0.5) is 9.59 Å². The third-order valence-corrected chi connectivity index (χ3v) is 5.21. The zero-order valence-corrected chi connectivity index (χ0v) is 15.6. The van der Waals surface area contributed by atoms with E-state index in [2.05, 4.69) is 16.0 Å². The monoisotopic (exact) mass is 396 g/mol. The smallest absolute Gasteiger partial charge is 0.325 e. The van der Waals surface area contributed by atoms with Gasteiger partial charge in [0.2, 0.25) is 5.91 Å². The Kier molecular flexibility index (Phi) is 4.79. The van der Waals surface area contributed by atoms with Crippen molar-refractivity contribution in [1.29, 1.82) is 0 Å². The first-order valence-corrected chi connectivity index (χ1v) is 9.32. The van der Waals surface area contributed by atoms with Crippen molar-refractivity contribution in [1.82, 2.24) is 20.9 Å². The Morgan fingerprint density at radius 3 is 2.79 bits per heavy atom. The molecule has 1 aliphatic carbocycles. The molecule has 29 heavy (non-hydrogen) atoms. The summed E-state index contributed by atoms with van der Waals surface area (Å²) >= 11 is 0. The van der Waals surface area contributed by atoms with Gasteiger partial charge in [-0.1, -0.05) is 24.3 Å². The molecule has 1 spiro atoms. The van der Waals surface area contributed by atoms with E-state index in [1.54, 1.807) is 12.1 Å². The molecule has 1 atom stereocenters. The number of carbonyl (C=O) groups is 4. The summed E-state index contributed by atoms with van der Waals surface area (Å²) in [6, 6.07) is 9.46. The average Bonchev–Trinajstić information content (AvgIpc) is 3.30. The lowest BCUT2D eigenvalue weighted by Gasteiger charge is -2.33. The van der Waals surface area contributed by atoms with Crippen molar-refractivity contribution < 1.29 is 23.6 Å². The van der Waals surface area contributed by atoms with Gasteiger partial charge < -0.3 is 15.1 Å². The maximum absolute atomic E-state index is 13.1. The number of hydrogen-bond acceptors (Lipinski definition) is 5. The van der Waals surface area contributed by atoms with E-state index in [1.165, 1.54) is 6.26 Å². The predicted octanol–water partition coefficient (Wildman–Crippen LogP) is 1.39. The van der Waals surface area contributed by atoms with Crippen molar-refractivity contribution in [3.63, 3.8) is 0 Å². The number of aryl methyl sites for hydroxylation is 1. The van der Waals surface area contributed by atoms with E-state index >= 15 is 0 Å². The fraction of sp³-hybridized carbons (Fsp3) is 0.300. The molecule has 0 unspecified atom stereocenters. The van der Waals surface area contributed by atoms with Crippen LogP contribution >= 0.6 is 0 Å². The SMILES string of the molecule is O=C(CN1C(=O)N[C@]2(CCCc3ccccc32)C1=O)NC(=O)NCc1ccco1. The van der Waals surface area contributed by atoms with Gasteiger partial charge in [-0.25, -0.2) is 9.59 Å². The van der Waals surface area contributed by atoms with Gasteiger partial charge in [-0.05, 0) is 42.5 Å². The van der Waals surface area contributed by atoms with Crippen LogP contribution in [-0.2, 0) is 28.1 Å². The molecule has 6 amide bonds. The molecule has 2 heterocycles. The highest BCUT2D eigenvalue weighted by atomic mass is 16.3. The molecule has 1 aromatic carbocycles. The molecule has 0 bridgehead atoms. The summed E-state index contributed by atoms with van der Waals surface area (Å²) in [5.74, 6) is -0.702. The Labute approximate surface area is 166 Å². The molecule has 150 valence electrons. The third kappa shape index (κ3) is 3.46. The molecule has 1 saturated heterocycles. The Balaban J connectivity index is 1.41. The molecule has 0 saturated carbocycles. The lowest BCUT2D eigenvalue weighted by atomic mass is 9.76. The van der Waals surface area contributed by atoms with E-state index in [1.807, 2.05) is 24.3 Å². The molecular formula is C20H20N4O5. The fourth-order valence-corrected chi connectivity index (χ4v) is 3.89. The Morgan fingerprint density at radius 1 is 1.17 bits per heavy atom. The van der Waals surface area contributed by atoms with E-state index in [0.29, 0.717) is 12.2 Å². The van der Waals surface area contributed by atoms with Crippen LogP contribution in [0.25, 0.3) is 0 Å². The number of furan rings is 1. The largest absolute Gasteiger partial charge is 0.467 e. The number of amides is 6. The summed E-state index contributed by atoms with van der Waals surface area (Å²) in [5, 5.41) is 7.35. The van der Waals surface area contributed by atoms with Gasteiger partial charge in [0.1, 0.15) is 17.8 Å². The van der Waals surface area contributed by atoms with Gasteiger partial charge in [0, 0.05) is 0 Å². The van der Waals surface area contributed by atoms with E-state index in [4.69, 9.17) is 4.42 Å². The number of carbonyl (C=O) groups excluding carboxylic acids is 4. The van der Waals surface area contributed by atoms with Gasteiger partial charge >= 0.3 is 12.1 Å². The first kappa shape index (κ1) is 18.7. The summed E-state index contributed by atoms with van der Waals surface area (Å²) in [4.78, 5) is 50.5. The van der Waals surface area contributed by atoms with E-state index in [-0.39, 0.29) is 6.54 Å². The zero-order chi connectivity index (χ0) is 20.4. The highest BCUT2D eigenvalue weighted by Gasteiger charge is 2.54. The summed E-state index contributed by atoms with van der Waals surface area (Å²) in [7, 11) is 0. The van der Waals surface area contributed by atoms with Gasteiger partial charge in [0.25, 0.3) is 5.91 Å². The molecule has 2 aliphatic rings. The van der Waals surface area contributed by atoms with E-state index < -0.39 is 36.0 Å². The first-order valence-electron chi connectivity index (χ1n) is 9.32. The minimum Gasteiger partial charge on any atom is -0.467 e. The Hall–Kier alpha value is -3.62. The second-order valence-corrected chi connectivity index (χ2v) is 7.05. The number of nitrogens with one attached hydrogen (secondary N) is 3. The molecule has 9 heteroatoms. The second-order valence-electron chi connectivity index (χ2n) is 7.05. The molecule has 2 aromatic rings. The van der Waals surface area contributed by atoms with Gasteiger partial charge in [-0.3, -0.25) is 19.8 Å². The van der Waals surface area contributed by atoms with Gasteiger partial charge in [0.15, 0.2) is 0 Å². The van der Waals surface area contributed by atoms with Crippen LogP contribution in [0.1, 0.15) is 29.7 Å². The zero-order valence-electron chi connectivity index (χ0n) is 15.6. The molecular weight excluding hydrogens is 376 g/mol. The Bertz CT molecular complexity index is 971. The van der Waals surface area contributed by atoms with Crippen molar-refractivity contribution in [2.45, 2.75) is 31.3 Å². The van der Waals surface area contributed by atoms with Gasteiger partial charge in [-0.15, -0.1) is 0 Å². The number of fused-ring (bicyclic) bond motifs is 2. The van der Waals surface area contributed by atoms with Crippen LogP contribution in [0.5, 0.6) is 0 Å². The number of rotatable bonds is 4. The van der Waals surface area contributed by atoms with Crippen LogP contribution < -0.4 is 16.0 Å². The van der Waals surface area contributed by atoms with Crippen molar-refractivity contribution in [2.24, 2.45) is 0 Å². The number of benzene rings is 1. The minimum absolute atomic E-state index is 0.106. The van der Waals surface area contributed by atoms with Crippen molar-refractivity contribution in [2.75, 3.05) is 6.54 Å². The van der Waals surface area contributed by atoms with Gasteiger partial charge in [0.05, 0.1) is 12.8 Å². The van der Waals surface area contributed by atoms with Crippen LogP contribution in [0.15, 0.2) is 47.1 Å². The number of urea groups is 2. The average molecular weight is 396 g/mol. The highest BCUT2D eigenvalue weighted by Crippen LogP contribution is 2.39. The summed E-state index contributed by atoms with van der Waals surface area (Å²) in [6.07, 6.45) is 3.52. The minimum atomic E-state index is -1.15. The molecule has 4 rings (SSSR count). The first-order chi connectivity index (χ1) is 14.0. The maximum atomic E-state index is 13.1. The molecule has 0 radical (unpaired) electrons. The number of nitrogens with zero attached hydrogens (tertiary/aromatic N) is 1. The summed E-state index contributed by atoms with van der Waals surface area (Å²) < 4.78 is 5.08. The third-order valence-electron chi connectivity index (χ3n) is 5.21. The topological polar surface area (TPSA) is 121 Å². The maximum Gasteiger partial charge on any atom is 0.325 e. The number of imide groups is 2. The quantitative estimate of drug-likeness (QED) is 0.675. The summed E-state index contributed by atoms with van der Waals surface area (Å²) in [5.41, 5.74) is 0.632. The predicted molar refractivity (Wildman–Crippen MR) is 100 cm³/mol. The van der Waals surface area contributed by atoms with Crippen molar-refractivity contribution >= 4 is 23.9 Å². The molecule has 1 aromatic heterocycles. The summed E-state index contributed by atoms with van der Waals surface area (Å²) in [6.45, 7) is -0.433. The highest BCUT2D eigenvalue weighted by molar-refractivity contribution is 6.10. The lowest BCUT2D eigenvalue weighted by Crippen LogP contribution is -2.48. The number of hydrogen-bond donors (Lipinski definition) is 3. The second kappa shape index (κ2) is 7.42. The van der Waals surface area contributed by atoms with E-state index in [9.17, 15) is 19.2 Å². The molecule has 1 aliphatic heterocycles.